The molecule has 48 heavy (non-hydrogen) atoms. The first-order valence-electron chi connectivity index (χ1n) is 15.6. The Morgan fingerprint density at radius 3 is 2.38 bits per heavy atom. The minimum atomic E-state index is -4.87. The van der Waals surface area contributed by atoms with Crippen LogP contribution in [-0.2, 0) is 24.0 Å². The Labute approximate surface area is 281 Å². The van der Waals surface area contributed by atoms with Crippen LogP contribution >= 0.6 is 0 Å². The summed E-state index contributed by atoms with van der Waals surface area (Å²) in [4.78, 5) is 31.8. The van der Waals surface area contributed by atoms with E-state index in [2.05, 4.69) is 48.9 Å². The second kappa shape index (κ2) is 13.8. The summed E-state index contributed by atoms with van der Waals surface area (Å²) in [5.74, 6) is -0.942. The van der Waals surface area contributed by atoms with Crippen molar-refractivity contribution in [1.29, 1.82) is 0 Å². The molecule has 0 bridgehead atoms. The van der Waals surface area contributed by atoms with Crippen LogP contribution in [0.1, 0.15) is 57.2 Å². The molecular formula is C33H43F3N4O6SSi. The first kappa shape index (κ1) is 37.3. The zero-order valence-corrected chi connectivity index (χ0v) is 30.1. The number of alkyl halides is 3. The van der Waals surface area contributed by atoms with E-state index in [1.165, 1.54) is 29.4 Å². The number of sulfonamides is 1. The molecular weight excluding hydrogens is 666 g/mol. The lowest BCUT2D eigenvalue weighted by molar-refractivity contribution is -0.274. The van der Waals surface area contributed by atoms with Crippen molar-refractivity contribution in [2.75, 3.05) is 31.1 Å². The minimum absolute atomic E-state index is 0.0134. The highest BCUT2D eigenvalue weighted by atomic mass is 32.2. The Morgan fingerprint density at radius 1 is 1.12 bits per heavy atom. The van der Waals surface area contributed by atoms with Crippen molar-refractivity contribution in [3.8, 4) is 5.75 Å². The molecule has 4 rings (SSSR count). The van der Waals surface area contributed by atoms with Gasteiger partial charge in [0.25, 0.3) is 5.91 Å². The van der Waals surface area contributed by atoms with Crippen molar-refractivity contribution >= 4 is 47.8 Å². The molecule has 2 heterocycles. The van der Waals surface area contributed by atoms with Gasteiger partial charge in [0.05, 0.1) is 6.61 Å². The first-order chi connectivity index (χ1) is 22.1. The van der Waals surface area contributed by atoms with Crippen LogP contribution in [0.3, 0.4) is 0 Å². The van der Waals surface area contributed by atoms with E-state index in [1.807, 2.05) is 13.0 Å². The van der Waals surface area contributed by atoms with Gasteiger partial charge in [-0.1, -0.05) is 45.0 Å². The number of aliphatic imine (C=N–C) groups is 1. The van der Waals surface area contributed by atoms with Gasteiger partial charge in [0.1, 0.15) is 17.1 Å². The number of nitrogens with zero attached hydrogens (tertiary/aromatic N) is 3. The quantitative estimate of drug-likeness (QED) is 0.304. The van der Waals surface area contributed by atoms with Crippen LogP contribution in [0, 0.1) is 6.92 Å². The summed E-state index contributed by atoms with van der Waals surface area (Å²) in [7, 11) is -5.90. The first-order valence-corrected chi connectivity index (χ1v) is 20.0. The lowest BCUT2D eigenvalue weighted by Gasteiger charge is -2.37. The van der Waals surface area contributed by atoms with Gasteiger partial charge in [0.2, 0.25) is 15.9 Å². The molecule has 2 amide bonds. The van der Waals surface area contributed by atoms with E-state index in [4.69, 9.17) is 4.43 Å². The lowest BCUT2D eigenvalue weighted by Crippen LogP contribution is -2.50. The minimum Gasteiger partial charge on any atom is -0.415 e. The SMILES string of the molecule is CC(=O)N(CCO[Si](C)(C)C(C)(C)C)c1cccc(C=CS(=O)(=O)N2CCC3(CC2)N=C(c2cccc(OC(F)(F)F)c2)NC3=O)c1C. The number of benzene rings is 2. The molecule has 0 radical (unpaired) electrons. The molecule has 1 saturated heterocycles. The summed E-state index contributed by atoms with van der Waals surface area (Å²) < 4.78 is 76.3. The predicted molar refractivity (Wildman–Crippen MR) is 182 cm³/mol. The fourth-order valence-electron chi connectivity index (χ4n) is 5.36. The molecule has 2 aromatic rings. The zero-order valence-electron chi connectivity index (χ0n) is 28.3. The summed E-state index contributed by atoms with van der Waals surface area (Å²) in [5, 5.41) is 3.78. The fraction of sp³-hybridized carbons (Fsp3) is 0.485. The number of piperidine rings is 1. The van der Waals surface area contributed by atoms with E-state index in [0.29, 0.717) is 24.4 Å². The molecule has 10 nitrogen and oxygen atoms in total. The summed E-state index contributed by atoms with van der Waals surface area (Å²) in [6, 6.07) is 10.5. The van der Waals surface area contributed by atoms with Crippen molar-refractivity contribution in [1.82, 2.24) is 9.62 Å². The number of ether oxygens (including phenoxy) is 1. The Hall–Kier alpha value is -3.53. The van der Waals surface area contributed by atoms with Gasteiger partial charge in [-0.3, -0.25) is 14.6 Å². The van der Waals surface area contributed by atoms with E-state index in [-0.39, 0.29) is 48.3 Å². The lowest BCUT2D eigenvalue weighted by atomic mass is 9.89. The van der Waals surface area contributed by atoms with E-state index < -0.39 is 41.9 Å². The monoisotopic (exact) mass is 708 g/mol. The van der Waals surface area contributed by atoms with Crippen LogP contribution in [0.5, 0.6) is 5.75 Å². The summed E-state index contributed by atoms with van der Waals surface area (Å²) in [6.07, 6.45) is -3.19. The van der Waals surface area contributed by atoms with E-state index in [0.717, 1.165) is 23.1 Å². The molecule has 2 aromatic carbocycles. The number of amides is 2. The number of amidine groups is 1. The number of hydrogen-bond donors (Lipinski definition) is 1. The van der Waals surface area contributed by atoms with Crippen molar-refractivity contribution in [2.45, 2.75) is 77.5 Å². The average Bonchev–Trinajstić information content (AvgIpc) is 3.29. The molecule has 0 aromatic heterocycles. The summed E-state index contributed by atoms with van der Waals surface area (Å²) in [6.45, 7) is 14.8. The van der Waals surface area contributed by atoms with E-state index >= 15 is 0 Å². The molecule has 0 aliphatic carbocycles. The number of carbonyl (C=O) groups is 2. The zero-order chi connectivity index (χ0) is 35.7. The maximum absolute atomic E-state index is 13.4. The van der Waals surface area contributed by atoms with Crippen LogP contribution in [-0.4, -0.2) is 76.8 Å². The second-order valence-corrected chi connectivity index (χ2v) is 20.2. The third kappa shape index (κ3) is 8.54. The van der Waals surface area contributed by atoms with Crippen LogP contribution in [0.4, 0.5) is 18.9 Å². The molecule has 1 spiro atoms. The largest absolute Gasteiger partial charge is 0.573 e. The molecule has 2 aliphatic heterocycles. The van der Waals surface area contributed by atoms with Gasteiger partial charge in [0, 0.05) is 43.2 Å². The smallest absolute Gasteiger partial charge is 0.415 e. The van der Waals surface area contributed by atoms with Gasteiger partial charge >= 0.3 is 6.36 Å². The molecule has 15 heteroatoms. The Balaban J connectivity index is 1.45. The third-order valence-electron chi connectivity index (χ3n) is 9.25. The van der Waals surface area contributed by atoms with Gasteiger partial charge in [-0.15, -0.1) is 13.2 Å². The number of carbonyl (C=O) groups excluding carboxylic acids is 2. The molecule has 0 saturated carbocycles. The van der Waals surface area contributed by atoms with E-state index in [1.54, 1.807) is 17.0 Å². The predicted octanol–water partition coefficient (Wildman–Crippen LogP) is 5.98. The van der Waals surface area contributed by atoms with Crippen molar-refractivity contribution in [3.05, 3.63) is 64.6 Å². The highest BCUT2D eigenvalue weighted by Gasteiger charge is 2.47. The van der Waals surface area contributed by atoms with Crippen LogP contribution in [0.2, 0.25) is 18.1 Å². The fourth-order valence-corrected chi connectivity index (χ4v) is 7.58. The van der Waals surface area contributed by atoms with Gasteiger partial charge < -0.3 is 19.4 Å². The Bertz CT molecular complexity index is 1710. The highest BCUT2D eigenvalue weighted by Crippen LogP contribution is 2.37. The standard InChI is InChI=1S/C33H43F3N4O6SSi/c1-23-25(10-9-13-28(23)40(24(2)41)19-20-45-48(6,7)31(3,4)5)14-21-47(43,44)39-17-15-32(16-18-39)30(42)37-29(38-32)26-11-8-12-27(22-26)46-33(34,35)36/h8-14,21-22H,15-20H2,1-7H3,(H,37,38,42). The molecule has 1 N–H and O–H groups in total. The number of hydrogen-bond acceptors (Lipinski definition) is 7. The van der Waals surface area contributed by atoms with Crippen LogP contribution in [0.15, 0.2) is 52.9 Å². The van der Waals surface area contributed by atoms with Gasteiger partial charge in [-0.2, -0.15) is 4.31 Å². The number of anilines is 1. The molecule has 2 aliphatic rings. The van der Waals surface area contributed by atoms with Gasteiger partial charge in [0.15, 0.2) is 8.32 Å². The number of rotatable bonds is 10. The molecule has 262 valence electrons. The summed E-state index contributed by atoms with van der Waals surface area (Å²) >= 11 is 0. The maximum Gasteiger partial charge on any atom is 0.573 e. The number of nitrogens with one attached hydrogen (secondary N) is 1. The van der Waals surface area contributed by atoms with E-state index in [9.17, 15) is 31.2 Å². The second-order valence-electron chi connectivity index (χ2n) is 13.5. The van der Waals surface area contributed by atoms with Crippen molar-refractivity contribution in [3.63, 3.8) is 0 Å². The molecule has 0 unspecified atom stereocenters. The Morgan fingerprint density at radius 2 is 1.77 bits per heavy atom. The third-order valence-corrected chi connectivity index (χ3v) is 15.4. The highest BCUT2D eigenvalue weighted by molar-refractivity contribution is 7.92. The van der Waals surface area contributed by atoms with Crippen LogP contribution in [0.25, 0.3) is 6.08 Å². The van der Waals surface area contributed by atoms with Crippen LogP contribution < -0.4 is 15.0 Å². The van der Waals surface area contributed by atoms with Gasteiger partial charge in [-0.25, -0.2) is 8.42 Å². The number of halogens is 3. The normalized spacial score (nSPS) is 17.5. The van der Waals surface area contributed by atoms with Crippen molar-refractivity contribution in [2.24, 2.45) is 4.99 Å². The molecule has 1 fully saturated rings. The maximum atomic E-state index is 13.4. The van der Waals surface area contributed by atoms with Crippen molar-refractivity contribution < 1.29 is 40.3 Å². The molecule has 0 atom stereocenters. The van der Waals surface area contributed by atoms with Gasteiger partial charge in [-0.05, 0) is 73.3 Å². The topological polar surface area (TPSA) is 118 Å². The summed E-state index contributed by atoms with van der Waals surface area (Å²) in [5.41, 5.74) is 1.03. The average molecular weight is 709 g/mol. The Kier molecular flexibility index (Phi) is 10.7.